The van der Waals surface area contributed by atoms with Gasteiger partial charge in [0.2, 0.25) is 11.8 Å². The molecule has 0 bridgehead atoms. The third kappa shape index (κ3) is 7.92. The van der Waals surface area contributed by atoms with Gasteiger partial charge in [0.05, 0.1) is 19.7 Å². The van der Waals surface area contributed by atoms with E-state index in [9.17, 15) is 18.4 Å². The Kier molecular flexibility index (Phi) is 9.03. The molecular formula is C26H33F2N3O4. The van der Waals surface area contributed by atoms with Gasteiger partial charge in [0, 0.05) is 18.3 Å². The number of halogens is 2. The van der Waals surface area contributed by atoms with Gasteiger partial charge in [-0.05, 0) is 69.4 Å². The fourth-order valence-corrected chi connectivity index (χ4v) is 4.08. The van der Waals surface area contributed by atoms with E-state index < -0.39 is 6.61 Å². The molecule has 0 saturated heterocycles. The van der Waals surface area contributed by atoms with E-state index in [-0.39, 0.29) is 42.4 Å². The molecule has 35 heavy (non-hydrogen) atoms. The van der Waals surface area contributed by atoms with E-state index in [0.29, 0.717) is 13.2 Å². The number of nitrogens with one attached hydrogen (secondary N) is 2. The van der Waals surface area contributed by atoms with Crippen molar-refractivity contribution in [3.05, 3.63) is 52.6 Å². The number of anilines is 1. The zero-order chi connectivity index (χ0) is 25.5. The van der Waals surface area contributed by atoms with E-state index in [1.807, 2.05) is 37.8 Å². The van der Waals surface area contributed by atoms with Gasteiger partial charge in [0.15, 0.2) is 11.5 Å². The molecule has 1 fully saturated rings. The number of nitrogens with zero attached hydrogens (tertiary/aromatic N) is 1. The van der Waals surface area contributed by atoms with Crippen LogP contribution in [0, 0.1) is 20.8 Å². The molecule has 0 aliphatic heterocycles. The van der Waals surface area contributed by atoms with Crippen LogP contribution >= 0.6 is 0 Å². The molecular weight excluding hydrogens is 456 g/mol. The molecule has 1 saturated carbocycles. The van der Waals surface area contributed by atoms with Crippen LogP contribution in [0.1, 0.15) is 42.0 Å². The highest BCUT2D eigenvalue weighted by Crippen LogP contribution is 2.32. The first-order valence-electron chi connectivity index (χ1n) is 11.7. The van der Waals surface area contributed by atoms with Gasteiger partial charge in [-0.1, -0.05) is 23.8 Å². The molecule has 0 spiro atoms. The summed E-state index contributed by atoms with van der Waals surface area (Å²) >= 11 is 0. The molecule has 1 aliphatic carbocycles. The van der Waals surface area contributed by atoms with E-state index in [2.05, 4.69) is 15.4 Å². The normalized spacial score (nSPS) is 13.1. The molecule has 0 radical (unpaired) electrons. The fraction of sp³-hybridized carbons (Fsp3) is 0.462. The number of carbonyl (C=O) groups excluding carboxylic acids is 2. The molecule has 2 amide bonds. The second kappa shape index (κ2) is 12.0. The van der Waals surface area contributed by atoms with Gasteiger partial charge in [0.1, 0.15) is 0 Å². The first-order valence-corrected chi connectivity index (χ1v) is 11.7. The Morgan fingerprint density at radius 1 is 1.06 bits per heavy atom. The minimum absolute atomic E-state index is 0.0219. The van der Waals surface area contributed by atoms with Gasteiger partial charge in [0.25, 0.3) is 0 Å². The van der Waals surface area contributed by atoms with Crippen LogP contribution in [0.3, 0.4) is 0 Å². The van der Waals surface area contributed by atoms with E-state index in [1.54, 1.807) is 19.1 Å². The standard InChI is InChI=1S/C26H33F2N3O4/c1-5-34-22-12-19(6-9-21(22)35-26(27)28)14-31(20-7-8-20)15-24(33)29-13-23(32)30-25-17(3)10-16(2)11-18(25)4/h6,9-12,20,26H,5,7-8,13-15H2,1-4H3,(H,29,33)(H,30,32). The lowest BCUT2D eigenvalue weighted by Crippen LogP contribution is -2.41. The Balaban J connectivity index is 1.56. The molecule has 190 valence electrons. The van der Waals surface area contributed by atoms with E-state index >= 15 is 0 Å². The average molecular weight is 490 g/mol. The van der Waals surface area contributed by atoms with Gasteiger partial charge in [-0.2, -0.15) is 8.78 Å². The predicted molar refractivity (Wildman–Crippen MR) is 130 cm³/mol. The van der Waals surface area contributed by atoms with Crippen LogP contribution in [0.2, 0.25) is 0 Å². The number of aryl methyl sites for hydroxylation is 3. The van der Waals surface area contributed by atoms with Crippen molar-refractivity contribution in [3.63, 3.8) is 0 Å². The lowest BCUT2D eigenvalue weighted by Gasteiger charge is -2.22. The maximum atomic E-state index is 12.7. The van der Waals surface area contributed by atoms with Gasteiger partial charge in [-0.25, -0.2) is 0 Å². The number of amides is 2. The summed E-state index contributed by atoms with van der Waals surface area (Å²) in [5.74, 6) is -0.329. The number of ether oxygens (including phenoxy) is 2. The number of carbonyl (C=O) groups is 2. The highest BCUT2D eigenvalue weighted by atomic mass is 19.3. The molecule has 0 aromatic heterocycles. The summed E-state index contributed by atoms with van der Waals surface area (Å²) in [4.78, 5) is 27.0. The van der Waals surface area contributed by atoms with Crippen molar-refractivity contribution < 1.29 is 27.8 Å². The van der Waals surface area contributed by atoms with Gasteiger partial charge in [-0.15, -0.1) is 0 Å². The maximum Gasteiger partial charge on any atom is 0.387 e. The summed E-state index contributed by atoms with van der Waals surface area (Å²) in [5, 5.41) is 5.57. The van der Waals surface area contributed by atoms with Crippen LogP contribution < -0.4 is 20.1 Å². The minimum atomic E-state index is -2.94. The van der Waals surface area contributed by atoms with Gasteiger partial charge >= 0.3 is 6.61 Å². The van der Waals surface area contributed by atoms with Crippen molar-refractivity contribution in [1.82, 2.24) is 10.2 Å². The van der Waals surface area contributed by atoms with E-state index in [4.69, 9.17) is 4.74 Å². The molecule has 0 unspecified atom stereocenters. The summed E-state index contributed by atoms with van der Waals surface area (Å²) in [6.07, 6.45) is 1.95. The minimum Gasteiger partial charge on any atom is -0.490 e. The third-order valence-electron chi connectivity index (χ3n) is 5.71. The number of rotatable bonds is 12. The zero-order valence-electron chi connectivity index (χ0n) is 20.6. The van der Waals surface area contributed by atoms with Crippen LogP contribution in [-0.2, 0) is 16.1 Å². The maximum absolute atomic E-state index is 12.7. The van der Waals surface area contributed by atoms with E-state index in [0.717, 1.165) is 40.8 Å². The second-order valence-corrected chi connectivity index (χ2v) is 8.83. The van der Waals surface area contributed by atoms with Crippen LogP contribution in [0.15, 0.2) is 30.3 Å². The Morgan fingerprint density at radius 3 is 2.34 bits per heavy atom. The number of hydrogen-bond donors (Lipinski definition) is 2. The molecule has 2 aromatic rings. The summed E-state index contributed by atoms with van der Waals surface area (Å²) in [6.45, 7) is 5.44. The lowest BCUT2D eigenvalue weighted by molar-refractivity contribution is -0.125. The van der Waals surface area contributed by atoms with Crippen molar-refractivity contribution in [2.24, 2.45) is 0 Å². The molecule has 2 N–H and O–H groups in total. The van der Waals surface area contributed by atoms with Crippen LogP contribution in [0.4, 0.5) is 14.5 Å². The first-order chi connectivity index (χ1) is 16.7. The predicted octanol–water partition coefficient (Wildman–Crippen LogP) is 4.33. The lowest BCUT2D eigenvalue weighted by atomic mass is 10.1. The molecule has 1 aliphatic rings. The van der Waals surface area contributed by atoms with E-state index in [1.165, 1.54) is 6.07 Å². The summed E-state index contributed by atoms with van der Waals surface area (Å²) < 4.78 is 35.3. The van der Waals surface area contributed by atoms with Crippen molar-refractivity contribution in [2.45, 2.75) is 59.7 Å². The molecule has 2 aromatic carbocycles. The molecule has 9 heteroatoms. The quantitative estimate of drug-likeness (QED) is 0.464. The summed E-state index contributed by atoms with van der Waals surface area (Å²) in [6, 6.07) is 9.06. The first kappa shape index (κ1) is 26.4. The largest absolute Gasteiger partial charge is 0.490 e. The summed E-state index contributed by atoms with van der Waals surface area (Å²) in [5.41, 5.74) is 4.64. The highest BCUT2D eigenvalue weighted by molar-refractivity contribution is 5.96. The number of benzene rings is 2. The SMILES string of the molecule is CCOc1cc(CN(CC(=O)NCC(=O)Nc2c(C)cc(C)cc2C)C2CC2)ccc1OC(F)F. The second-order valence-electron chi connectivity index (χ2n) is 8.83. The monoisotopic (exact) mass is 489 g/mol. The third-order valence-corrected chi connectivity index (χ3v) is 5.71. The fourth-order valence-electron chi connectivity index (χ4n) is 4.08. The average Bonchev–Trinajstić information content (AvgIpc) is 3.61. The van der Waals surface area contributed by atoms with Crippen LogP contribution in [0.5, 0.6) is 11.5 Å². The Labute approximate surface area is 204 Å². The van der Waals surface area contributed by atoms with Crippen molar-refractivity contribution in [3.8, 4) is 11.5 Å². The molecule has 7 nitrogen and oxygen atoms in total. The molecule has 0 heterocycles. The van der Waals surface area contributed by atoms with Crippen LogP contribution in [0.25, 0.3) is 0 Å². The smallest absolute Gasteiger partial charge is 0.387 e. The van der Waals surface area contributed by atoms with Crippen molar-refractivity contribution in [1.29, 1.82) is 0 Å². The Hall–Kier alpha value is -3.20. The summed E-state index contributed by atoms with van der Waals surface area (Å²) in [7, 11) is 0. The van der Waals surface area contributed by atoms with Gasteiger partial charge in [-0.3, -0.25) is 14.5 Å². The van der Waals surface area contributed by atoms with Crippen LogP contribution in [-0.4, -0.2) is 49.1 Å². The number of hydrogen-bond acceptors (Lipinski definition) is 5. The number of alkyl halides is 2. The Morgan fingerprint density at radius 2 is 1.74 bits per heavy atom. The van der Waals surface area contributed by atoms with Crippen molar-refractivity contribution >= 4 is 17.5 Å². The highest BCUT2D eigenvalue weighted by Gasteiger charge is 2.30. The Bertz CT molecular complexity index is 1030. The zero-order valence-corrected chi connectivity index (χ0v) is 20.6. The topological polar surface area (TPSA) is 79.9 Å². The van der Waals surface area contributed by atoms with Crippen molar-refractivity contribution in [2.75, 3.05) is 25.0 Å². The van der Waals surface area contributed by atoms with Gasteiger partial charge < -0.3 is 20.1 Å². The molecule has 3 rings (SSSR count). The molecule has 0 atom stereocenters.